The third-order valence-corrected chi connectivity index (χ3v) is 20.6. The van der Waals surface area contributed by atoms with Gasteiger partial charge in [-0.15, -0.1) is 34.0 Å². The van der Waals surface area contributed by atoms with Crippen LogP contribution in [0, 0.1) is 38.2 Å². The minimum atomic E-state index is -0.548. The first-order valence-corrected chi connectivity index (χ1v) is 34.0. The van der Waals surface area contributed by atoms with Gasteiger partial charge in [-0.1, -0.05) is 18.2 Å². The molecular weight excluding hydrogens is 1200 g/mol. The van der Waals surface area contributed by atoms with Gasteiger partial charge < -0.3 is 47.9 Å². The molecule has 9 aromatic rings. The van der Waals surface area contributed by atoms with Gasteiger partial charge in [0.15, 0.2) is 0 Å². The highest BCUT2D eigenvalue weighted by atomic mass is 32.1. The molecule has 6 aromatic heterocycles. The standard InChI is InChI=1S/C25H30N4OS.C22H24F2N4OS.C22H25FN4OS/c1-16-5-9-19-22(26)23(31-25(19)28-16)24(30)27-12-11-17-6-10-21(20(15-17)18-7-8-18)29-13-3-2-4-14-29;1-13-5-6-15-18(25)20(30-22(15)27-13)21(29)26-8-7-14-11-16(23)19(17(24)12-14)28-9-3-2-4-10-28;1-14-5-8-17-19(24)20(29-22(17)26-14)21(28)25-10-9-15-6-7-16(13-18(15)23)27-11-3-2-4-12-27/h5-6,9-10,15,18H,2-4,7-8,11-14,26H2,1H3,(H,27,30);5-6,11-12H,2-4,7-10,25H2,1H3,(H,26,29);5-8,13H,2-4,9-12,24H2,1H3,(H,25,28). The minimum absolute atomic E-state index is 0.0586. The average molecular weight is 1280 g/mol. The fraction of sp³-hybridized carbons (Fsp3) is 0.391. The van der Waals surface area contributed by atoms with E-state index >= 15 is 0 Å². The summed E-state index contributed by atoms with van der Waals surface area (Å²) in [4.78, 5) is 61.5. The van der Waals surface area contributed by atoms with E-state index in [1.54, 1.807) is 11.0 Å². The van der Waals surface area contributed by atoms with Crippen molar-refractivity contribution in [1.82, 2.24) is 30.9 Å². The van der Waals surface area contributed by atoms with E-state index in [9.17, 15) is 27.6 Å². The molecule has 9 heterocycles. The Morgan fingerprint density at radius 3 is 1.34 bits per heavy atom. The van der Waals surface area contributed by atoms with Gasteiger partial charge in [-0.05, 0) is 206 Å². The number of halogens is 3. The van der Waals surface area contributed by atoms with E-state index in [4.69, 9.17) is 17.2 Å². The van der Waals surface area contributed by atoms with Crippen LogP contribution in [-0.4, -0.2) is 91.6 Å². The van der Waals surface area contributed by atoms with Crippen molar-refractivity contribution in [3.05, 3.63) is 156 Å². The highest BCUT2D eigenvalue weighted by molar-refractivity contribution is 7.22. The monoisotopic (exact) mass is 1280 g/mol. The van der Waals surface area contributed by atoms with E-state index in [1.807, 2.05) is 69.3 Å². The smallest absolute Gasteiger partial charge is 0.263 e. The van der Waals surface area contributed by atoms with Crippen molar-refractivity contribution in [2.45, 2.75) is 117 Å². The van der Waals surface area contributed by atoms with E-state index in [0.29, 0.717) is 81.8 Å². The number of carbonyl (C=O) groups is 3. The number of nitrogens with one attached hydrogen (secondary N) is 3. The maximum atomic E-state index is 14.6. The number of hydrogen-bond donors (Lipinski definition) is 6. The molecule has 21 heteroatoms. The second-order valence-corrected chi connectivity index (χ2v) is 27.0. The molecule has 3 aliphatic heterocycles. The predicted octanol–water partition coefficient (Wildman–Crippen LogP) is 13.7. The van der Waals surface area contributed by atoms with Gasteiger partial charge in [0.25, 0.3) is 17.7 Å². The van der Waals surface area contributed by atoms with Crippen molar-refractivity contribution in [1.29, 1.82) is 0 Å². The minimum Gasteiger partial charge on any atom is -0.397 e. The number of hydrogen-bond acceptors (Lipinski definition) is 15. The SMILES string of the molecule is Cc1ccc2c(N)c(C(=O)NCCc3cc(F)c(N4CCCCC4)c(F)c3)sc2n1.Cc1ccc2c(N)c(C(=O)NCCc3ccc(N4CCCCC4)c(C4CC4)c3)sc2n1.Cc1ccc2c(N)c(C(=O)NCCc3ccc(N4CCCCC4)cc3F)sc2n1. The zero-order valence-corrected chi connectivity index (χ0v) is 53.9. The fourth-order valence-electron chi connectivity index (χ4n) is 12.1. The van der Waals surface area contributed by atoms with Crippen LogP contribution in [0.4, 0.5) is 47.3 Å². The van der Waals surface area contributed by atoms with Crippen LogP contribution in [0.25, 0.3) is 30.6 Å². The number of thiophene rings is 3. The molecule has 3 amide bonds. The molecule has 0 spiro atoms. The van der Waals surface area contributed by atoms with Crippen molar-refractivity contribution < 1.29 is 27.6 Å². The molecule has 0 atom stereocenters. The van der Waals surface area contributed by atoms with Crippen molar-refractivity contribution in [2.24, 2.45) is 0 Å². The molecule has 3 aromatic carbocycles. The summed E-state index contributed by atoms with van der Waals surface area (Å²) in [5, 5.41) is 11.1. The van der Waals surface area contributed by atoms with Crippen LogP contribution >= 0.6 is 34.0 Å². The van der Waals surface area contributed by atoms with E-state index in [1.165, 1.54) is 115 Å². The number of nitrogens with two attached hydrogens (primary N) is 3. The van der Waals surface area contributed by atoms with E-state index in [-0.39, 0.29) is 35.8 Å². The van der Waals surface area contributed by atoms with E-state index in [2.05, 4.69) is 58.9 Å². The van der Waals surface area contributed by atoms with Crippen molar-refractivity contribution >= 4 is 117 Å². The number of benzene rings is 3. The molecule has 0 radical (unpaired) electrons. The fourth-order valence-corrected chi connectivity index (χ4v) is 15.3. The summed E-state index contributed by atoms with van der Waals surface area (Å²) in [6.07, 6.45) is 14.7. The molecule has 15 nitrogen and oxygen atoms in total. The Kier molecular flexibility index (Phi) is 20.4. The first kappa shape index (κ1) is 63.6. The normalized spacial score (nSPS) is 15.1. The van der Waals surface area contributed by atoms with Gasteiger partial charge in [-0.2, -0.15) is 0 Å². The number of nitrogens with zero attached hydrogens (tertiary/aromatic N) is 6. The lowest BCUT2D eigenvalue weighted by Crippen LogP contribution is -2.31. The number of carbonyl (C=O) groups excluding carboxylic acids is 3. The summed E-state index contributed by atoms with van der Waals surface area (Å²) in [5.74, 6) is -1.25. The Morgan fingerprint density at radius 2 is 0.900 bits per heavy atom. The number of nitrogen functional groups attached to an aromatic ring is 3. The van der Waals surface area contributed by atoms with Gasteiger partial charge in [0.1, 0.15) is 52.3 Å². The van der Waals surface area contributed by atoms with Crippen molar-refractivity contribution in [3.63, 3.8) is 0 Å². The number of aromatic nitrogens is 3. The molecule has 1 aliphatic carbocycles. The lowest BCUT2D eigenvalue weighted by atomic mass is 10.00. The molecule has 90 heavy (non-hydrogen) atoms. The summed E-state index contributed by atoms with van der Waals surface area (Å²) < 4.78 is 43.6. The van der Waals surface area contributed by atoms with Crippen LogP contribution in [0.2, 0.25) is 0 Å². The molecule has 1 saturated carbocycles. The third kappa shape index (κ3) is 15.1. The first-order valence-electron chi connectivity index (χ1n) is 31.5. The molecule has 13 rings (SSSR count). The van der Waals surface area contributed by atoms with Crippen molar-refractivity contribution in [2.75, 3.05) is 90.8 Å². The van der Waals surface area contributed by atoms with Crippen LogP contribution in [0.15, 0.2) is 84.9 Å². The number of pyridine rings is 3. The Bertz CT molecular complexity index is 4050. The number of rotatable bonds is 16. The summed E-state index contributed by atoms with van der Waals surface area (Å²) in [6.45, 7) is 12.6. The molecular formula is C69H79F3N12O3S3. The Labute approximate surface area is 535 Å². The number of aryl methyl sites for hydroxylation is 3. The first-order chi connectivity index (χ1) is 43.6. The summed E-state index contributed by atoms with van der Waals surface area (Å²) in [5.41, 5.74) is 28.9. The highest BCUT2D eigenvalue weighted by Gasteiger charge is 2.29. The van der Waals surface area contributed by atoms with E-state index in [0.717, 1.165) is 111 Å². The predicted molar refractivity (Wildman–Crippen MR) is 364 cm³/mol. The van der Waals surface area contributed by atoms with Gasteiger partial charge in [0.05, 0.1) is 17.1 Å². The van der Waals surface area contributed by atoms with Gasteiger partial charge in [-0.3, -0.25) is 14.4 Å². The lowest BCUT2D eigenvalue weighted by molar-refractivity contribution is 0.0950. The third-order valence-electron chi connectivity index (χ3n) is 17.2. The summed E-state index contributed by atoms with van der Waals surface area (Å²) >= 11 is 3.90. The lowest BCUT2D eigenvalue weighted by Gasteiger charge is -2.31. The van der Waals surface area contributed by atoms with Crippen molar-refractivity contribution in [3.8, 4) is 0 Å². The van der Waals surface area contributed by atoms with Gasteiger partial charge in [0.2, 0.25) is 0 Å². The van der Waals surface area contributed by atoms with Crippen LogP contribution in [0.1, 0.15) is 145 Å². The molecule has 3 saturated heterocycles. The topological polar surface area (TPSA) is 214 Å². The highest BCUT2D eigenvalue weighted by Crippen LogP contribution is 2.45. The van der Waals surface area contributed by atoms with Gasteiger partial charge >= 0.3 is 0 Å². The molecule has 472 valence electrons. The zero-order chi connectivity index (χ0) is 63.0. The average Bonchev–Trinajstić information content (AvgIpc) is 1.70. The summed E-state index contributed by atoms with van der Waals surface area (Å²) in [6, 6.07) is 26.4. The number of fused-ring (bicyclic) bond motifs is 3. The Balaban J connectivity index is 0.000000139. The molecule has 0 bridgehead atoms. The Morgan fingerprint density at radius 1 is 0.478 bits per heavy atom. The van der Waals surface area contributed by atoms with E-state index < -0.39 is 11.6 Å². The van der Waals surface area contributed by atoms with Gasteiger partial charge in [-0.25, -0.2) is 28.1 Å². The maximum Gasteiger partial charge on any atom is 0.263 e. The van der Waals surface area contributed by atoms with Crippen LogP contribution < -0.4 is 47.9 Å². The molecule has 0 unspecified atom stereocenters. The van der Waals surface area contributed by atoms with Crippen LogP contribution in [0.5, 0.6) is 0 Å². The second-order valence-electron chi connectivity index (χ2n) is 24.0. The second kappa shape index (κ2) is 28.9. The zero-order valence-electron chi connectivity index (χ0n) is 51.4. The molecule has 4 fully saturated rings. The number of piperidine rings is 3. The largest absolute Gasteiger partial charge is 0.397 e. The van der Waals surface area contributed by atoms with Gasteiger partial charge in [0, 0.05) is 104 Å². The van der Waals surface area contributed by atoms with Crippen LogP contribution in [0.3, 0.4) is 0 Å². The molecule has 9 N–H and O–H groups in total. The molecule has 4 aliphatic rings. The number of anilines is 6. The summed E-state index contributed by atoms with van der Waals surface area (Å²) in [7, 11) is 0. The van der Waals surface area contributed by atoms with Crippen LogP contribution in [-0.2, 0) is 19.3 Å². The number of amides is 3. The Hall–Kier alpha value is -8.01. The maximum absolute atomic E-state index is 14.6. The quantitative estimate of drug-likeness (QED) is 0.0533.